The van der Waals surface area contributed by atoms with Crippen molar-refractivity contribution in [2.75, 3.05) is 54.1 Å². The fraction of sp³-hybridized carbons (Fsp3) is 0.706. The molecule has 0 aromatic carbocycles. The number of quaternary nitrogens is 1. The number of carbonyl (C=O) groups excluding carboxylic acids is 1. The van der Waals surface area contributed by atoms with Crippen molar-refractivity contribution < 1.29 is 37.3 Å². The number of nitrogens with zero attached hydrogens (tertiary/aromatic N) is 1. The normalized spacial score (nSPS) is 14.4. The molecule has 2 atom stereocenters. The number of esters is 1. The van der Waals surface area contributed by atoms with Gasteiger partial charge >= 0.3 is 13.8 Å². The van der Waals surface area contributed by atoms with Crippen molar-refractivity contribution in [1.29, 1.82) is 0 Å². The molecule has 0 saturated carbocycles. The second-order valence-electron chi connectivity index (χ2n) is 16.8. The lowest BCUT2D eigenvalue weighted by Crippen LogP contribution is -2.37. The van der Waals surface area contributed by atoms with E-state index in [4.69, 9.17) is 18.5 Å². The standard InChI is InChI=1S/C51H90NO7P/c1-6-8-10-12-14-16-18-20-21-22-23-24-25-26-27-28-29-30-31-32-34-36-38-40-42-44-51(53)59-50(49-58-60(54,55)57-47-45-52(3,4)5)48-56-46-43-41-39-37-35-33-19-17-15-13-11-9-7-2/h8,10,14-17,20-21,23-24,26-27,29-30,50H,6-7,9,11-13,18-19,22,25,28,31-49H2,1-5H3/p+1/b10-8-,16-14-,17-15-,21-20-,24-23-,27-26-,30-29-. The lowest BCUT2D eigenvalue weighted by atomic mass is 10.1. The van der Waals surface area contributed by atoms with Gasteiger partial charge in [-0.1, -0.05) is 163 Å². The van der Waals surface area contributed by atoms with Crippen molar-refractivity contribution >= 4 is 13.8 Å². The van der Waals surface area contributed by atoms with E-state index >= 15 is 0 Å². The largest absolute Gasteiger partial charge is 0.472 e. The van der Waals surface area contributed by atoms with E-state index in [1.807, 2.05) is 21.1 Å². The van der Waals surface area contributed by atoms with Crippen molar-refractivity contribution in [2.45, 2.75) is 180 Å². The van der Waals surface area contributed by atoms with Crippen molar-refractivity contribution in [1.82, 2.24) is 0 Å². The van der Waals surface area contributed by atoms with Crippen molar-refractivity contribution in [3.05, 3.63) is 85.1 Å². The van der Waals surface area contributed by atoms with Gasteiger partial charge in [-0.3, -0.25) is 13.8 Å². The Morgan fingerprint density at radius 3 is 1.47 bits per heavy atom. The Morgan fingerprint density at radius 2 is 0.967 bits per heavy atom. The molecule has 0 aliphatic heterocycles. The summed E-state index contributed by atoms with van der Waals surface area (Å²) in [6, 6.07) is 0. The minimum Gasteiger partial charge on any atom is -0.457 e. The van der Waals surface area contributed by atoms with Crippen LogP contribution in [0.4, 0.5) is 0 Å². The molecule has 9 heteroatoms. The van der Waals surface area contributed by atoms with Crippen LogP contribution in [0.3, 0.4) is 0 Å². The zero-order valence-electron chi connectivity index (χ0n) is 39.2. The van der Waals surface area contributed by atoms with Crippen LogP contribution in [0.5, 0.6) is 0 Å². The third kappa shape index (κ3) is 46.7. The minimum atomic E-state index is -4.29. The number of likely N-dealkylation sites (N-methyl/N-ethyl adjacent to an activating group) is 1. The third-order valence-corrected chi connectivity index (χ3v) is 10.7. The van der Waals surface area contributed by atoms with Crippen LogP contribution in [-0.2, 0) is 27.9 Å². The lowest BCUT2D eigenvalue weighted by Gasteiger charge is -2.24. The highest BCUT2D eigenvalue weighted by Crippen LogP contribution is 2.43. The van der Waals surface area contributed by atoms with Gasteiger partial charge in [0.25, 0.3) is 0 Å². The van der Waals surface area contributed by atoms with E-state index in [2.05, 4.69) is 98.9 Å². The van der Waals surface area contributed by atoms with Gasteiger partial charge in [0.1, 0.15) is 19.3 Å². The highest BCUT2D eigenvalue weighted by molar-refractivity contribution is 7.47. The summed E-state index contributed by atoms with van der Waals surface area (Å²) >= 11 is 0. The lowest BCUT2D eigenvalue weighted by molar-refractivity contribution is -0.870. The van der Waals surface area contributed by atoms with Gasteiger partial charge in [0.05, 0.1) is 34.4 Å². The first-order chi connectivity index (χ1) is 29.1. The summed E-state index contributed by atoms with van der Waals surface area (Å²) in [5, 5.41) is 0. The van der Waals surface area contributed by atoms with Crippen LogP contribution < -0.4 is 0 Å². The van der Waals surface area contributed by atoms with Crippen LogP contribution in [0.1, 0.15) is 174 Å². The first kappa shape index (κ1) is 57.7. The van der Waals surface area contributed by atoms with Crippen LogP contribution >= 0.6 is 7.82 Å². The van der Waals surface area contributed by atoms with E-state index in [1.54, 1.807) is 0 Å². The van der Waals surface area contributed by atoms with Gasteiger partial charge in [-0.05, 0) is 89.9 Å². The van der Waals surface area contributed by atoms with Crippen LogP contribution in [0.25, 0.3) is 0 Å². The summed E-state index contributed by atoms with van der Waals surface area (Å²) in [7, 11) is 1.64. The molecular formula is C51H91NO7P+. The number of phosphoric ester groups is 1. The number of hydrogen-bond donors (Lipinski definition) is 1. The number of hydrogen-bond acceptors (Lipinski definition) is 6. The molecule has 1 N–H and O–H groups in total. The van der Waals surface area contributed by atoms with Crippen molar-refractivity contribution in [2.24, 2.45) is 0 Å². The molecule has 0 amide bonds. The Hall–Kier alpha value is -2.32. The average molecular weight is 861 g/mol. The Morgan fingerprint density at radius 1 is 0.533 bits per heavy atom. The summed E-state index contributed by atoms with van der Waals surface area (Å²) in [6.07, 6.45) is 57.6. The van der Waals surface area contributed by atoms with Crippen molar-refractivity contribution in [3.63, 3.8) is 0 Å². The van der Waals surface area contributed by atoms with Crippen LogP contribution in [-0.4, -0.2) is 75.6 Å². The van der Waals surface area contributed by atoms with E-state index in [0.29, 0.717) is 24.1 Å². The molecule has 0 spiro atoms. The van der Waals surface area contributed by atoms with Gasteiger partial charge in [0.2, 0.25) is 0 Å². The van der Waals surface area contributed by atoms with Crippen molar-refractivity contribution in [3.8, 4) is 0 Å². The highest BCUT2D eigenvalue weighted by atomic mass is 31.2. The number of phosphoric acid groups is 1. The number of allylic oxidation sites excluding steroid dienone is 14. The van der Waals surface area contributed by atoms with E-state index in [9.17, 15) is 14.3 Å². The summed E-state index contributed by atoms with van der Waals surface area (Å²) in [4.78, 5) is 22.9. The van der Waals surface area contributed by atoms with Gasteiger partial charge in [0, 0.05) is 13.0 Å². The zero-order chi connectivity index (χ0) is 44.1. The molecular weight excluding hydrogens is 770 g/mol. The first-order valence-corrected chi connectivity index (χ1v) is 25.3. The second kappa shape index (κ2) is 43.3. The van der Waals surface area contributed by atoms with E-state index < -0.39 is 13.9 Å². The van der Waals surface area contributed by atoms with E-state index in [1.165, 1.54) is 70.6 Å². The van der Waals surface area contributed by atoms with Gasteiger partial charge < -0.3 is 18.9 Å². The molecule has 0 aliphatic carbocycles. The molecule has 8 nitrogen and oxygen atoms in total. The van der Waals surface area contributed by atoms with E-state index in [-0.39, 0.29) is 25.8 Å². The monoisotopic (exact) mass is 861 g/mol. The molecule has 346 valence electrons. The first-order valence-electron chi connectivity index (χ1n) is 23.8. The fourth-order valence-corrected chi connectivity index (χ4v) is 6.76. The Kier molecular flexibility index (Phi) is 41.7. The Balaban J connectivity index is 4.22. The number of unbranched alkanes of at least 4 members (excludes halogenated alkanes) is 15. The molecule has 0 rings (SSSR count). The summed E-state index contributed by atoms with van der Waals surface area (Å²) < 4.78 is 35.0. The highest BCUT2D eigenvalue weighted by Gasteiger charge is 2.26. The quantitative estimate of drug-likeness (QED) is 0.0215. The fourth-order valence-electron chi connectivity index (χ4n) is 6.02. The minimum absolute atomic E-state index is 0.0798. The van der Waals surface area contributed by atoms with Gasteiger partial charge in [-0.25, -0.2) is 4.57 Å². The predicted molar refractivity (Wildman–Crippen MR) is 256 cm³/mol. The second-order valence-corrected chi connectivity index (χ2v) is 18.2. The maximum Gasteiger partial charge on any atom is 0.472 e. The molecule has 60 heavy (non-hydrogen) atoms. The van der Waals surface area contributed by atoms with Gasteiger partial charge in [0.15, 0.2) is 0 Å². The van der Waals surface area contributed by atoms with Crippen LogP contribution in [0.15, 0.2) is 85.1 Å². The summed E-state index contributed by atoms with van der Waals surface area (Å²) in [5.74, 6) is -0.334. The summed E-state index contributed by atoms with van der Waals surface area (Å²) in [5.41, 5.74) is 0. The number of rotatable bonds is 43. The molecule has 0 radical (unpaired) electrons. The molecule has 0 aliphatic rings. The number of ether oxygens (including phenoxy) is 2. The smallest absolute Gasteiger partial charge is 0.457 e. The average Bonchev–Trinajstić information content (AvgIpc) is 3.20. The maximum atomic E-state index is 12.7. The molecule has 0 heterocycles. The molecule has 0 saturated heterocycles. The molecule has 0 aromatic rings. The SMILES string of the molecule is CC/C=C\C/C=C\C/C=C\C/C=C\C/C=C\C/C=C\CCCCCCCCC(=O)OC(COCCCCCCCC/C=C\CCCCC)COP(=O)(O)OCC[N+](C)(C)C. The summed E-state index contributed by atoms with van der Waals surface area (Å²) in [6.45, 7) is 5.44. The Labute approximate surface area is 369 Å². The van der Waals surface area contributed by atoms with Crippen LogP contribution in [0, 0.1) is 0 Å². The Bertz CT molecular complexity index is 1230. The topological polar surface area (TPSA) is 91.3 Å². The maximum absolute atomic E-state index is 12.7. The van der Waals surface area contributed by atoms with E-state index in [0.717, 1.165) is 83.5 Å². The predicted octanol–water partition coefficient (Wildman–Crippen LogP) is 14.4. The molecule has 0 bridgehead atoms. The van der Waals surface area contributed by atoms with Crippen LogP contribution in [0.2, 0.25) is 0 Å². The molecule has 2 unspecified atom stereocenters. The number of carbonyl (C=O) groups is 1. The molecule has 0 fully saturated rings. The third-order valence-electron chi connectivity index (χ3n) is 9.69. The molecule has 0 aromatic heterocycles. The van der Waals surface area contributed by atoms with Gasteiger partial charge in [-0.15, -0.1) is 0 Å². The van der Waals surface area contributed by atoms with Gasteiger partial charge in [-0.2, -0.15) is 0 Å². The zero-order valence-corrected chi connectivity index (χ0v) is 40.1.